The molecule has 0 amide bonds. The summed E-state index contributed by atoms with van der Waals surface area (Å²) in [6.07, 6.45) is 0. The molecule has 2 aromatic carbocycles. The molecule has 0 spiro atoms. The molecule has 98 valence electrons. The summed E-state index contributed by atoms with van der Waals surface area (Å²) in [5, 5.41) is 0.465. The molecule has 0 saturated carbocycles. The number of ether oxygens (including phenoxy) is 1. The van der Waals surface area contributed by atoms with Gasteiger partial charge in [-0.15, -0.1) is 0 Å². The molecule has 19 heavy (non-hydrogen) atoms. The molecule has 0 radical (unpaired) electrons. The summed E-state index contributed by atoms with van der Waals surface area (Å²) in [7, 11) is 0. The Morgan fingerprint density at radius 2 is 1.74 bits per heavy atom. The highest BCUT2D eigenvalue weighted by Gasteiger charge is 2.21. The Morgan fingerprint density at radius 3 is 2.37 bits per heavy atom. The van der Waals surface area contributed by atoms with E-state index in [-0.39, 0.29) is 11.3 Å². The Balaban J connectivity index is 2.30. The van der Waals surface area contributed by atoms with Crippen molar-refractivity contribution in [2.24, 2.45) is 0 Å². The highest BCUT2D eigenvalue weighted by molar-refractivity contribution is 6.30. The van der Waals surface area contributed by atoms with Gasteiger partial charge in [-0.1, -0.05) is 17.7 Å². The van der Waals surface area contributed by atoms with Crippen LogP contribution in [0.2, 0.25) is 5.02 Å². The summed E-state index contributed by atoms with van der Waals surface area (Å²) in [4.78, 5) is 11.8. The third-order valence-electron chi connectivity index (χ3n) is 2.51. The van der Waals surface area contributed by atoms with Crippen molar-refractivity contribution in [1.82, 2.24) is 0 Å². The Bertz CT molecular complexity index is 624. The highest BCUT2D eigenvalue weighted by atomic mass is 35.5. The van der Waals surface area contributed by atoms with Crippen molar-refractivity contribution in [2.45, 2.75) is 6.92 Å². The quantitative estimate of drug-likeness (QED) is 0.611. The molecule has 2 aromatic rings. The molecular weight excluding hydrogens is 274 g/mol. The monoisotopic (exact) mass is 282 g/mol. The lowest BCUT2D eigenvalue weighted by molar-refractivity contribution is 0.0724. The van der Waals surface area contributed by atoms with E-state index in [0.29, 0.717) is 5.02 Å². The molecule has 0 N–H and O–H groups in total. The number of halogens is 3. The average molecular weight is 283 g/mol. The molecule has 2 nitrogen and oxygen atoms in total. The van der Waals surface area contributed by atoms with Gasteiger partial charge in [-0.25, -0.2) is 13.6 Å². The summed E-state index contributed by atoms with van der Waals surface area (Å²) in [6, 6.07) is 8.17. The Morgan fingerprint density at radius 1 is 1.11 bits per heavy atom. The minimum atomic E-state index is -1.08. The summed E-state index contributed by atoms with van der Waals surface area (Å²) in [5.74, 6) is -2.79. The lowest BCUT2D eigenvalue weighted by Crippen LogP contribution is -2.14. The van der Waals surface area contributed by atoms with E-state index in [1.54, 1.807) is 0 Å². The summed E-state index contributed by atoms with van der Waals surface area (Å²) >= 11 is 5.68. The van der Waals surface area contributed by atoms with Crippen LogP contribution in [-0.2, 0) is 0 Å². The maximum atomic E-state index is 13.7. The van der Waals surface area contributed by atoms with Crippen LogP contribution in [0.3, 0.4) is 0 Å². The first-order valence-electron chi connectivity index (χ1n) is 5.41. The van der Waals surface area contributed by atoms with E-state index in [0.717, 1.165) is 6.07 Å². The van der Waals surface area contributed by atoms with Crippen molar-refractivity contribution in [2.75, 3.05) is 0 Å². The van der Waals surface area contributed by atoms with Gasteiger partial charge in [0.2, 0.25) is 0 Å². The molecular formula is C14H9ClF2O2. The molecule has 2 rings (SSSR count). The minimum absolute atomic E-state index is 0.162. The van der Waals surface area contributed by atoms with Crippen LogP contribution in [0.5, 0.6) is 5.75 Å². The first-order valence-corrected chi connectivity index (χ1v) is 5.79. The smallest absolute Gasteiger partial charge is 0.349 e. The normalized spacial score (nSPS) is 10.3. The number of hydrogen-bond acceptors (Lipinski definition) is 2. The number of hydrogen-bond donors (Lipinski definition) is 0. The van der Waals surface area contributed by atoms with Gasteiger partial charge in [0.1, 0.15) is 22.9 Å². The predicted molar refractivity (Wildman–Crippen MR) is 67.5 cm³/mol. The van der Waals surface area contributed by atoms with Gasteiger partial charge in [-0.3, -0.25) is 0 Å². The zero-order valence-corrected chi connectivity index (χ0v) is 10.7. The van der Waals surface area contributed by atoms with Gasteiger partial charge in [0.25, 0.3) is 0 Å². The molecule has 0 unspecified atom stereocenters. The summed E-state index contributed by atoms with van der Waals surface area (Å²) in [6.45, 7) is 1.44. The Labute approximate surface area is 113 Å². The standard InChI is InChI=1S/C14H9ClF2O2/c1-8-2-7-11(16)12(13(8)17)14(18)19-10-5-3-9(15)4-6-10/h2-7H,1H3. The van der Waals surface area contributed by atoms with E-state index in [2.05, 4.69) is 0 Å². The molecule has 0 aliphatic rings. The number of carbonyl (C=O) groups is 1. The fourth-order valence-electron chi connectivity index (χ4n) is 1.50. The van der Waals surface area contributed by atoms with Gasteiger partial charge in [-0.2, -0.15) is 0 Å². The topological polar surface area (TPSA) is 26.3 Å². The molecule has 0 aromatic heterocycles. The van der Waals surface area contributed by atoms with Gasteiger partial charge in [0.15, 0.2) is 0 Å². The van der Waals surface area contributed by atoms with Gasteiger partial charge in [0.05, 0.1) is 0 Å². The number of esters is 1. The van der Waals surface area contributed by atoms with Crippen LogP contribution in [0.15, 0.2) is 36.4 Å². The van der Waals surface area contributed by atoms with E-state index in [1.807, 2.05) is 0 Å². The maximum absolute atomic E-state index is 13.7. The zero-order chi connectivity index (χ0) is 14.0. The Hall–Kier alpha value is -1.94. The van der Waals surface area contributed by atoms with Crippen LogP contribution < -0.4 is 4.74 Å². The van der Waals surface area contributed by atoms with E-state index < -0.39 is 23.2 Å². The van der Waals surface area contributed by atoms with Crippen LogP contribution in [0.1, 0.15) is 15.9 Å². The molecule has 0 aliphatic heterocycles. The second kappa shape index (κ2) is 5.36. The number of carbonyl (C=O) groups excluding carboxylic acids is 1. The highest BCUT2D eigenvalue weighted by Crippen LogP contribution is 2.20. The first kappa shape index (κ1) is 13.5. The second-order valence-electron chi connectivity index (χ2n) is 3.90. The number of rotatable bonds is 2. The van der Waals surface area contributed by atoms with E-state index in [4.69, 9.17) is 16.3 Å². The summed E-state index contributed by atoms with van der Waals surface area (Å²) in [5.41, 5.74) is -0.528. The lowest BCUT2D eigenvalue weighted by atomic mass is 10.1. The van der Waals surface area contributed by atoms with Crippen LogP contribution in [0.4, 0.5) is 8.78 Å². The van der Waals surface area contributed by atoms with Crippen LogP contribution in [0.25, 0.3) is 0 Å². The van der Waals surface area contributed by atoms with Crippen LogP contribution in [-0.4, -0.2) is 5.97 Å². The van der Waals surface area contributed by atoms with Crippen LogP contribution >= 0.6 is 11.6 Å². The molecule has 0 bridgehead atoms. The summed E-state index contributed by atoms with van der Waals surface area (Å²) < 4.78 is 32.1. The molecule has 5 heteroatoms. The van der Waals surface area contributed by atoms with Crippen molar-refractivity contribution in [1.29, 1.82) is 0 Å². The number of aryl methyl sites for hydroxylation is 1. The van der Waals surface area contributed by atoms with Gasteiger partial charge < -0.3 is 4.74 Å². The van der Waals surface area contributed by atoms with Gasteiger partial charge in [0, 0.05) is 5.02 Å². The molecule has 0 saturated heterocycles. The lowest BCUT2D eigenvalue weighted by Gasteiger charge is -2.07. The third-order valence-corrected chi connectivity index (χ3v) is 2.76. The van der Waals surface area contributed by atoms with Crippen molar-refractivity contribution in [3.63, 3.8) is 0 Å². The fraction of sp³-hybridized carbons (Fsp3) is 0.0714. The maximum Gasteiger partial charge on any atom is 0.349 e. The van der Waals surface area contributed by atoms with E-state index >= 15 is 0 Å². The minimum Gasteiger partial charge on any atom is -0.423 e. The first-order chi connectivity index (χ1) is 8.99. The average Bonchev–Trinajstić information content (AvgIpc) is 2.37. The van der Waals surface area contributed by atoms with Crippen molar-refractivity contribution in [3.8, 4) is 5.75 Å². The van der Waals surface area contributed by atoms with E-state index in [1.165, 1.54) is 37.3 Å². The molecule has 0 aliphatic carbocycles. The predicted octanol–water partition coefficient (Wildman–Crippen LogP) is 4.15. The largest absolute Gasteiger partial charge is 0.423 e. The van der Waals surface area contributed by atoms with Gasteiger partial charge in [-0.05, 0) is 42.8 Å². The Kier molecular flexibility index (Phi) is 3.81. The molecule has 0 atom stereocenters. The van der Waals surface area contributed by atoms with Gasteiger partial charge >= 0.3 is 5.97 Å². The molecule has 0 heterocycles. The molecule has 0 fully saturated rings. The van der Waals surface area contributed by atoms with Crippen molar-refractivity contribution in [3.05, 3.63) is 64.2 Å². The van der Waals surface area contributed by atoms with Crippen molar-refractivity contribution >= 4 is 17.6 Å². The third kappa shape index (κ3) is 2.90. The SMILES string of the molecule is Cc1ccc(F)c(C(=O)Oc2ccc(Cl)cc2)c1F. The van der Waals surface area contributed by atoms with Crippen LogP contribution in [0, 0.1) is 18.6 Å². The zero-order valence-electron chi connectivity index (χ0n) is 9.91. The fourth-order valence-corrected chi connectivity index (χ4v) is 1.63. The number of benzene rings is 2. The van der Waals surface area contributed by atoms with Crippen molar-refractivity contribution < 1.29 is 18.3 Å². The van der Waals surface area contributed by atoms with E-state index in [9.17, 15) is 13.6 Å². The second-order valence-corrected chi connectivity index (χ2v) is 4.33.